The smallest absolute Gasteiger partial charge is 0.191 e. The van der Waals surface area contributed by atoms with Crippen molar-refractivity contribution >= 4 is 23.4 Å². The summed E-state index contributed by atoms with van der Waals surface area (Å²) in [5, 5.41) is 10.8. The first-order chi connectivity index (χ1) is 16.6. The van der Waals surface area contributed by atoms with Crippen LogP contribution in [0.4, 0.5) is 0 Å². The Labute approximate surface area is 210 Å². The Morgan fingerprint density at radius 3 is 2.62 bits per heavy atom. The minimum Gasteiger partial charge on any atom is -0.493 e. The Morgan fingerprint density at radius 2 is 1.91 bits per heavy atom. The molecule has 1 saturated heterocycles. The average molecular weight is 499 g/mol. The summed E-state index contributed by atoms with van der Waals surface area (Å²) in [6, 6.07) is 14.0. The molecule has 2 heterocycles. The van der Waals surface area contributed by atoms with Gasteiger partial charge in [-0.2, -0.15) is 0 Å². The van der Waals surface area contributed by atoms with Crippen LogP contribution < -0.4 is 9.47 Å². The number of piperidine rings is 1. The van der Waals surface area contributed by atoms with E-state index < -0.39 is 0 Å². The van der Waals surface area contributed by atoms with Crippen molar-refractivity contribution in [3.63, 3.8) is 0 Å². The molecule has 0 atom stereocenters. The minimum absolute atomic E-state index is 0.386. The highest BCUT2D eigenvalue weighted by atomic mass is 35.5. The van der Waals surface area contributed by atoms with Gasteiger partial charge >= 0.3 is 0 Å². The largest absolute Gasteiger partial charge is 0.493 e. The van der Waals surface area contributed by atoms with Crippen molar-refractivity contribution in [3.8, 4) is 11.5 Å². The first-order valence-electron chi connectivity index (χ1n) is 11.5. The lowest BCUT2D eigenvalue weighted by molar-refractivity contribution is 0.197. The Bertz CT molecular complexity index is 1110. The first-order valence-corrected chi connectivity index (χ1v) is 12.8. The van der Waals surface area contributed by atoms with Crippen LogP contribution in [-0.4, -0.2) is 47.0 Å². The van der Waals surface area contributed by atoms with Crippen LogP contribution >= 0.6 is 23.4 Å². The fourth-order valence-electron chi connectivity index (χ4n) is 4.45. The van der Waals surface area contributed by atoms with E-state index in [1.54, 1.807) is 26.0 Å². The van der Waals surface area contributed by atoms with Gasteiger partial charge in [-0.05, 0) is 49.7 Å². The lowest BCUT2D eigenvalue weighted by Gasteiger charge is -2.32. The van der Waals surface area contributed by atoms with Gasteiger partial charge in [-0.3, -0.25) is 4.90 Å². The molecule has 8 heteroatoms. The zero-order valence-corrected chi connectivity index (χ0v) is 21.3. The highest BCUT2D eigenvalue weighted by Crippen LogP contribution is 2.34. The molecule has 34 heavy (non-hydrogen) atoms. The summed E-state index contributed by atoms with van der Waals surface area (Å²) in [6.07, 6.45) is 4.00. The number of nitrogens with zero attached hydrogens (tertiary/aromatic N) is 4. The van der Waals surface area contributed by atoms with E-state index in [4.69, 9.17) is 21.1 Å². The molecule has 3 aromatic rings. The van der Waals surface area contributed by atoms with Crippen molar-refractivity contribution in [1.29, 1.82) is 0 Å². The molecule has 180 valence electrons. The van der Waals surface area contributed by atoms with Crippen LogP contribution in [0.1, 0.15) is 35.7 Å². The minimum atomic E-state index is 0.386. The summed E-state index contributed by atoms with van der Waals surface area (Å²) < 4.78 is 13.3. The van der Waals surface area contributed by atoms with Crippen molar-refractivity contribution in [2.24, 2.45) is 0 Å². The zero-order chi connectivity index (χ0) is 23.9. The second-order valence-electron chi connectivity index (χ2n) is 8.36. The van der Waals surface area contributed by atoms with Crippen LogP contribution in [0.15, 0.2) is 60.3 Å². The number of halogens is 1. The Hall–Kier alpha value is -2.48. The maximum absolute atomic E-state index is 6.14. The first kappa shape index (κ1) is 24.6. The van der Waals surface area contributed by atoms with Gasteiger partial charge in [0.2, 0.25) is 0 Å². The molecule has 0 aliphatic carbocycles. The molecule has 1 aliphatic heterocycles. The number of para-hydroxylation sites is 1. The van der Waals surface area contributed by atoms with Crippen molar-refractivity contribution < 1.29 is 9.47 Å². The molecule has 1 aliphatic rings. The SMILES string of the molecule is C=CCn1c(SCc2cccc(Cl)c2)nnc1C1CCN(Cc2cccc(OC)c2OC)CC1. The Kier molecular flexibility index (Phi) is 8.53. The zero-order valence-electron chi connectivity index (χ0n) is 19.7. The van der Waals surface area contributed by atoms with E-state index in [-0.39, 0.29) is 0 Å². The topological polar surface area (TPSA) is 52.4 Å². The molecule has 0 spiro atoms. The predicted octanol–water partition coefficient (Wildman–Crippen LogP) is 5.81. The number of aromatic nitrogens is 3. The lowest BCUT2D eigenvalue weighted by atomic mass is 9.95. The number of allylic oxidation sites excluding steroid dienone is 1. The molecule has 0 radical (unpaired) electrons. The molecule has 2 aromatic carbocycles. The number of thioether (sulfide) groups is 1. The van der Waals surface area contributed by atoms with Gasteiger partial charge in [-0.25, -0.2) is 0 Å². The quantitative estimate of drug-likeness (QED) is 0.260. The number of hydrogen-bond donors (Lipinski definition) is 0. The molecule has 0 amide bonds. The highest BCUT2D eigenvalue weighted by Gasteiger charge is 2.27. The maximum Gasteiger partial charge on any atom is 0.191 e. The van der Waals surface area contributed by atoms with E-state index in [9.17, 15) is 0 Å². The molecule has 0 bridgehead atoms. The maximum atomic E-state index is 6.14. The van der Waals surface area contributed by atoms with E-state index in [2.05, 4.69) is 38.4 Å². The number of benzene rings is 2. The van der Waals surface area contributed by atoms with Gasteiger partial charge in [0.15, 0.2) is 16.7 Å². The van der Waals surface area contributed by atoms with Crippen LogP contribution in [-0.2, 0) is 18.8 Å². The van der Waals surface area contributed by atoms with Crippen molar-refractivity contribution in [3.05, 3.63) is 77.1 Å². The standard InChI is InChI=1S/C26H31ClN4O2S/c1-4-13-31-25(28-29-26(31)34-18-19-7-5-9-22(27)16-19)20-11-14-30(15-12-20)17-21-8-6-10-23(32-2)24(21)33-3/h4-10,16,20H,1,11-15,17-18H2,2-3H3. The molecule has 1 fully saturated rings. The Balaban J connectivity index is 1.40. The third-order valence-corrected chi connectivity index (χ3v) is 7.42. The van der Waals surface area contributed by atoms with Gasteiger partial charge in [-0.1, -0.05) is 53.7 Å². The van der Waals surface area contributed by atoms with E-state index in [1.807, 2.05) is 36.4 Å². The summed E-state index contributed by atoms with van der Waals surface area (Å²) in [5.41, 5.74) is 2.32. The highest BCUT2D eigenvalue weighted by molar-refractivity contribution is 7.98. The molecular weight excluding hydrogens is 468 g/mol. The number of rotatable bonds is 10. The molecule has 1 aromatic heterocycles. The molecular formula is C26H31ClN4O2S. The number of hydrogen-bond acceptors (Lipinski definition) is 6. The van der Waals surface area contributed by atoms with E-state index >= 15 is 0 Å². The summed E-state index contributed by atoms with van der Waals surface area (Å²) in [6.45, 7) is 7.49. The summed E-state index contributed by atoms with van der Waals surface area (Å²) in [5.74, 6) is 3.84. The molecule has 6 nitrogen and oxygen atoms in total. The van der Waals surface area contributed by atoms with Crippen LogP contribution in [0.25, 0.3) is 0 Å². The van der Waals surface area contributed by atoms with Gasteiger partial charge in [0.25, 0.3) is 0 Å². The fourth-order valence-corrected chi connectivity index (χ4v) is 5.56. The third kappa shape index (κ3) is 5.77. The fraction of sp³-hybridized carbons (Fsp3) is 0.385. The molecule has 0 unspecified atom stereocenters. The average Bonchev–Trinajstić information content (AvgIpc) is 3.25. The van der Waals surface area contributed by atoms with Gasteiger partial charge in [0.1, 0.15) is 5.82 Å². The van der Waals surface area contributed by atoms with E-state index in [1.165, 1.54) is 5.56 Å². The molecule has 0 N–H and O–H groups in total. The second kappa shape index (κ2) is 11.8. The van der Waals surface area contributed by atoms with Gasteiger partial charge < -0.3 is 14.0 Å². The monoisotopic (exact) mass is 498 g/mol. The van der Waals surface area contributed by atoms with Crippen LogP contribution in [0.5, 0.6) is 11.5 Å². The van der Waals surface area contributed by atoms with Crippen molar-refractivity contribution in [1.82, 2.24) is 19.7 Å². The summed E-state index contributed by atoms with van der Waals surface area (Å²) in [4.78, 5) is 2.47. The predicted molar refractivity (Wildman–Crippen MR) is 138 cm³/mol. The van der Waals surface area contributed by atoms with Gasteiger partial charge in [-0.15, -0.1) is 16.8 Å². The van der Waals surface area contributed by atoms with Crippen LogP contribution in [0.2, 0.25) is 5.02 Å². The normalized spacial score (nSPS) is 14.8. The summed E-state index contributed by atoms with van der Waals surface area (Å²) in [7, 11) is 3.37. The summed E-state index contributed by atoms with van der Waals surface area (Å²) >= 11 is 7.83. The van der Waals surface area contributed by atoms with E-state index in [0.717, 1.165) is 71.3 Å². The number of ether oxygens (including phenoxy) is 2. The van der Waals surface area contributed by atoms with Gasteiger partial charge in [0.05, 0.1) is 14.2 Å². The van der Waals surface area contributed by atoms with Gasteiger partial charge in [0, 0.05) is 35.3 Å². The molecule has 0 saturated carbocycles. The Morgan fingerprint density at radius 1 is 1.12 bits per heavy atom. The second-order valence-corrected chi connectivity index (χ2v) is 9.74. The van der Waals surface area contributed by atoms with E-state index in [0.29, 0.717) is 12.5 Å². The van der Waals surface area contributed by atoms with Crippen molar-refractivity contribution in [2.75, 3.05) is 27.3 Å². The number of likely N-dealkylation sites (tertiary alicyclic amines) is 1. The third-order valence-electron chi connectivity index (χ3n) is 6.15. The number of methoxy groups -OCH3 is 2. The molecule has 4 rings (SSSR count). The lowest BCUT2D eigenvalue weighted by Crippen LogP contribution is -2.33. The van der Waals surface area contributed by atoms with Crippen molar-refractivity contribution in [2.45, 2.75) is 42.8 Å². The van der Waals surface area contributed by atoms with Crippen LogP contribution in [0, 0.1) is 0 Å². The van der Waals surface area contributed by atoms with Crippen LogP contribution in [0.3, 0.4) is 0 Å².